The Morgan fingerprint density at radius 1 is 0.543 bits per heavy atom. The largest absolute Gasteiger partial charge is 0.321 e. The number of anilines is 2. The minimum atomic E-state index is -0.424. The monoisotopic (exact) mass is 462 g/mol. The molecule has 0 radical (unpaired) electrons. The summed E-state index contributed by atoms with van der Waals surface area (Å²) in [6.07, 6.45) is 0. The molecule has 35 heavy (non-hydrogen) atoms. The fourth-order valence-corrected chi connectivity index (χ4v) is 3.76. The second-order valence-corrected chi connectivity index (χ2v) is 8.50. The first kappa shape index (κ1) is 23.6. The van der Waals surface area contributed by atoms with Gasteiger partial charge in [-0.1, -0.05) is 60.2 Å². The number of para-hydroxylation sites is 1. The Morgan fingerprint density at radius 2 is 1.20 bits per heavy atom. The maximum absolute atomic E-state index is 13.3. The SMILES string of the molecule is Cc1ccc(NC(=O)c2ccccc2NC(=O)c2ccc(C)c(C)c2)c(C(=O)c2ccccc2)c1. The van der Waals surface area contributed by atoms with Crippen LogP contribution < -0.4 is 10.6 Å². The molecule has 5 nitrogen and oxygen atoms in total. The second-order valence-electron chi connectivity index (χ2n) is 8.50. The van der Waals surface area contributed by atoms with Crippen LogP contribution in [0.5, 0.6) is 0 Å². The zero-order chi connectivity index (χ0) is 24.9. The van der Waals surface area contributed by atoms with Gasteiger partial charge in [0.25, 0.3) is 11.8 Å². The molecule has 0 fully saturated rings. The van der Waals surface area contributed by atoms with Crippen molar-refractivity contribution in [3.8, 4) is 0 Å². The van der Waals surface area contributed by atoms with E-state index in [1.54, 1.807) is 66.7 Å². The van der Waals surface area contributed by atoms with Gasteiger partial charge in [-0.2, -0.15) is 0 Å². The number of ketones is 1. The summed E-state index contributed by atoms with van der Waals surface area (Å²) in [4.78, 5) is 39.3. The van der Waals surface area contributed by atoms with Gasteiger partial charge in [0.1, 0.15) is 0 Å². The lowest BCUT2D eigenvalue weighted by atomic mass is 9.99. The van der Waals surface area contributed by atoms with E-state index in [1.165, 1.54) is 0 Å². The Bertz CT molecular complexity index is 1420. The van der Waals surface area contributed by atoms with E-state index >= 15 is 0 Å². The van der Waals surface area contributed by atoms with Gasteiger partial charge >= 0.3 is 0 Å². The fourth-order valence-electron chi connectivity index (χ4n) is 3.76. The smallest absolute Gasteiger partial charge is 0.257 e. The number of rotatable bonds is 6. The maximum Gasteiger partial charge on any atom is 0.257 e. The van der Waals surface area contributed by atoms with E-state index in [1.807, 2.05) is 45.0 Å². The number of amides is 2. The molecule has 0 aliphatic heterocycles. The van der Waals surface area contributed by atoms with Crippen molar-refractivity contribution < 1.29 is 14.4 Å². The molecule has 0 aromatic heterocycles. The third kappa shape index (κ3) is 5.36. The molecule has 0 heterocycles. The molecule has 0 spiro atoms. The number of benzene rings is 4. The molecule has 4 aromatic carbocycles. The first-order valence-corrected chi connectivity index (χ1v) is 11.3. The highest BCUT2D eigenvalue weighted by molar-refractivity contribution is 6.17. The molecule has 0 aliphatic rings. The summed E-state index contributed by atoms with van der Waals surface area (Å²) in [5.41, 5.74) is 5.56. The number of carbonyl (C=O) groups excluding carboxylic acids is 3. The normalized spacial score (nSPS) is 10.5. The molecule has 5 heteroatoms. The van der Waals surface area contributed by atoms with Crippen LogP contribution >= 0.6 is 0 Å². The lowest BCUT2D eigenvalue weighted by molar-refractivity contribution is 0.102. The lowest BCUT2D eigenvalue weighted by Crippen LogP contribution is -2.19. The molecule has 0 saturated heterocycles. The van der Waals surface area contributed by atoms with Gasteiger partial charge in [0.05, 0.1) is 16.9 Å². The van der Waals surface area contributed by atoms with E-state index < -0.39 is 5.91 Å². The number of hydrogen-bond acceptors (Lipinski definition) is 3. The Hall–Kier alpha value is -4.51. The predicted octanol–water partition coefficient (Wildman–Crippen LogP) is 6.35. The van der Waals surface area contributed by atoms with E-state index in [0.717, 1.165) is 16.7 Å². The van der Waals surface area contributed by atoms with Gasteiger partial charge in [-0.15, -0.1) is 0 Å². The zero-order valence-corrected chi connectivity index (χ0v) is 19.9. The molecular formula is C30H26N2O3. The average molecular weight is 463 g/mol. The molecule has 0 saturated carbocycles. The summed E-state index contributed by atoms with van der Waals surface area (Å²) in [5.74, 6) is -0.906. The van der Waals surface area contributed by atoms with E-state index in [0.29, 0.717) is 33.6 Å². The summed E-state index contributed by atoms with van der Waals surface area (Å²) in [5, 5.41) is 5.71. The molecule has 0 aliphatic carbocycles. The quantitative estimate of drug-likeness (QED) is 0.328. The average Bonchev–Trinajstić information content (AvgIpc) is 2.87. The summed E-state index contributed by atoms with van der Waals surface area (Å²) < 4.78 is 0. The van der Waals surface area contributed by atoms with Crippen LogP contribution in [0.3, 0.4) is 0 Å². The molecule has 4 aromatic rings. The number of aryl methyl sites for hydroxylation is 3. The fraction of sp³-hybridized carbons (Fsp3) is 0.100. The third-order valence-corrected chi connectivity index (χ3v) is 5.89. The minimum absolute atomic E-state index is 0.180. The minimum Gasteiger partial charge on any atom is -0.321 e. The van der Waals surface area contributed by atoms with Crippen LogP contribution in [0.4, 0.5) is 11.4 Å². The van der Waals surface area contributed by atoms with Gasteiger partial charge in [-0.05, 0) is 68.3 Å². The van der Waals surface area contributed by atoms with Crippen LogP contribution in [-0.4, -0.2) is 17.6 Å². The number of nitrogens with one attached hydrogen (secondary N) is 2. The van der Waals surface area contributed by atoms with E-state index in [2.05, 4.69) is 10.6 Å². The molecule has 0 unspecified atom stereocenters. The lowest BCUT2D eigenvalue weighted by Gasteiger charge is -2.14. The summed E-state index contributed by atoms with van der Waals surface area (Å²) >= 11 is 0. The molecule has 0 atom stereocenters. The van der Waals surface area contributed by atoms with Crippen LogP contribution in [0.2, 0.25) is 0 Å². The van der Waals surface area contributed by atoms with Gasteiger partial charge in [0.2, 0.25) is 0 Å². The molecule has 2 N–H and O–H groups in total. The predicted molar refractivity (Wildman–Crippen MR) is 139 cm³/mol. The Labute approximate surface area is 204 Å². The van der Waals surface area contributed by atoms with Crippen LogP contribution in [0.1, 0.15) is 53.3 Å². The maximum atomic E-state index is 13.3. The van der Waals surface area contributed by atoms with Gasteiger partial charge < -0.3 is 10.6 Å². The van der Waals surface area contributed by atoms with E-state index in [4.69, 9.17) is 0 Å². The Kier molecular flexibility index (Phi) is 6.88. The van der Waals surface area contributed by atoms with Crippen molar-refractivity contribution in [1.29, 1.82) is 0 Å². The van der Waals surface area contributed by atoms with E-state index in [-0.39, 0.29) is 11.7 Å². The van der Waals surface area contributed by atoms with Gasteiger partial charge in [0.15, 0.2) is 5.78 Å². The summed E-state index contributed by atoms with van der Waals surface area (Å²) in [7, 11) is 0. The van der Waals surface area contributed by atoms with Crippen molar-refractivity contribution in [1.82, 2.24) is 0 Å². The Balaban J connectivity index is 1.61. The van der Waals surface area contributed by atoms with Crippen LogP contribution in [0, 0.1) is 20.8 Å². The van der Waals surface area contributed by atoms with Crippen molar-refractivity contribution in [3.05, 3.63) is 130 Å². The molecule has 174 valence electrons. The van der Waals surface area contributed by atoms with Gasteiger partial charge in [0, 0.05) is 16.7 Å². The van der Waals surface area contributed by atoms with Crippen LogP contribution in [-0.2, 0) is 0 Å². The van der Waals surface area contributed by atoms with Crippen LogP contribution in [0.25, 0.3) is 0 Å². The molecule has 4 rings (SSSR count). The summed E-state index contributed by atoms with van der Waals surface area (Å²) in [6.45, 7) is 5.83. The topological polar surface area (TPSA) is 75.3 Å². The zero-order valence-electron chi connectivity index (χ0n) is 19.9. The molecular weight excluding hydrogens is 436 g/mol. The van der Waals surface area contributed by atoms with Crippen molar-refractivity contribution in [2.45, 2.75) is 20.8 Å². The first-order valence-electron chi connectivity index (χ1n) is 11.3. The standard InChI is InChI=1S/C30H26N2O3/c1-19-13-16-27(25(17-19)28(33)22-9-5-4-6-10-22)32-30(35)24-11-7-8-12-26(24)31-29(34)23-15-14-20(2)21(3)18-23/h4-18H,1-3H3,(H,31,34)(H,32,35). The summed E-state index contributed by atoms with van der Waals surface area (Å²) in [6, 6.07) is 26.5. The Morgan fingerprint density at radius 3 is 1.94 bits per heavy atom. The van der Waals surface area contributed by atoms with Crippen molar-refractivity contribution in [2.24, 2.45) is 0 Å². The number of carbonyl (C=O) groups is 3. The first-order chi connectivity index (χ1) is 16.8. The molecule has 2 amide bonds. The van der Waals surface area contributed by atoms with E-state index in [9.17, 15) is 14.4 Å². The highest BCUT2D eigenvalue weighted by Gasteiger charge is 2.19. The second kappa shape index (κ2) is 10.2. The van der Waals surface area contributed by atoms with Crippen molar-refractivity contribution >= 4 is 29.0 Å². The van der Waals surface area contributed by atoms with Gasteiger partial charge in [-0.3, -0.25) is 14.4 Å². The number of hydrogen-bond donors (Lipinski definition) is 2. The van der Waals surface area contributed by atoms with Crippen molar-refractivity contribution in [3.63, 3.8) is 0 Å². The highest BCUT2D eigenvalue weighted by atomic mass is 16.2. The molecule has 0 bridgehead atoms. The van der Waals surface area contributed by atoms with Gasteiger partial charge in [-0.25, -0.2) is 0 Å². The highest BCUT2D eigenvalue weighted by Crippen LogP contribution is 2.24. The van der Waals surface area contributed by atoms with Crippen LogP contribution in [0.15, 0.2) is 91.0 Å². The third-order valence-electron chi connectivity index (χ3n) is 5.89. The van der Waals surface area contributed by atoms with Crippen molar-refractivity contribution in [2.75, 3.05) is 10.6 Å².